The molecule has 13 rings (SSSR count). The van der Waals surface area contributed by atoms with Crippen LogP contribution in [0.25, 0.3) is 68.8 Å². The Labute approximate surface area is 513 Å². The zero-order chi connectivity index (χ0) is 59.4. The smallest absolute Gasteiger partial charge is 0.0468 e. The van der Waals surface area contributed by atoms with E-state index >= 15 is 0 Å². The largest absolute Gasteiger partial charge is 0.310 e. The highest BCUT2D eigenvalue weighted by Gasteiger charge is 2.21. The predicted octanol–water partition coefficient (Wildman–Crippen LogP) is 23.9. The minimum Gasteiger partial charge on any atom is -0.310 e. The number of nitrogens with zero attached hydrogens (tertiary/aromatic N) is 3. The van der Waals surface area contributed by atoms with Crippen LogP contribution in [0.5, 0.6) is 0 Å². The lowest BCUT2D eigenvalue weighted by molar-refractivity contribution is 1.28. The van der Waals surface area contributed by atoms with Gasteiger partial charge in [0.25, 0.3) is 0 Å². The first-order chi connectivity index (χ1) is 42.5. The summed E-state index contributed by atoms with van der Waals surface area (Å²) in [6, 6.07) is 101. The lowest BCUT2D eigenvalue weighted by atomic mass is 9.92. The summed E-state index contributed by atoms with van der Waals surface area (Å²) in [5.41, 5.74) is 24.1. The molecule has 0 fully saturated rings. The number of anilines is 9. The number of fused-ring (bicyclic) bond motifs is 6. The van der Waals surface area contributed by atoms with E-state index in [0.717, 1.165) is 67.9 Å². The molecule has 0 atom stereocenters. The minimum atomic E-state index is 1.07. The van der Waals surface area contributed by atoms with Gasteiger partial charge in [0.15, 0.2) is 0 Å². The molecule has 3 nitrogen and oxygen atoms in total. The molecule has 3 heteroatoms. The highest BCUT2D eigenvalue weighted by molar-refractivity contribution is 6.27. The normalized spacial score (nSPS) is 11.7. The van der Waals surface area contributed by atoms with E-state index in [0.29, 0.717) is 0 Å². The summed E-state index contributed by atoms with van der Waals surface area (Å²) in [5.74, 6) is 0. The average Bonchev–Trinajstić information content (AvgIpc) is 1.01. The molecule has 0 unspecified atom stereocenters. The molecule has 0 radical (unpaired) electrons. The first-order valence-electron chi connectivity index (χ1n) is 30.1. The molecule has 0 aromatic heterocycles. The van der Waals surface area contributed by atoms with Gasteiger partial charge >= 0.3 is 0 Å². The van der Waals surface area contributed by atoms with Gasteiger partial charge in [0, 0.05) is 51.2 Å². The zero-order valence-electron chi connectivity index (χ0n) is 50.3. The lowest BCUT2D eigenvalue weighted by Crippen LogP contribution is -2.11. The standard InChI is InChI=1S/C84H69N3/c1-58-7-19-64(20-8-58)25-28-67-31-43-73(44-32-67)85(70-37-13-61(4)14-38-70)76-49-52-79-82(55-76)80-53-50-77(86(71-39-15-62(5)16-40-71)74-45-33-68(34-46-74)29-26-65-21-9-59(2)10-22-65)57-84(80)81-54-51-78(56-83(79)81)87(72-41-17-63(6)18-42-72)75-47-35-69(36-48-75)30-27-66-23-11-60(3)12-24-66/h7-57H,1-6H3. The molecule has 13 aromatic rings. The SMILES string of the molecule is Cc1ccc(C=Cc2ccc(N(c3ccc(C)cc3)c3ccc4c(c3)c3ccc(N(c5ccc(C)cc5)c5ccc(C=Cc6ccc(C)cc6)cc5)cc3c3ccc(N(c5ccc(C)cc5)c5ccc(C=Cc6ccc(C)cc6)cc5)cc43)cc2)cc1. The second kappa shape index (κ2) is 24.5. The number of aryl methyl sites for hydroxylation is 6. The summed E-state index contributed by atoms with van der Waals surface area (Å²) in [5, 5.41) is 7.06. The van der Waals surface area contributed by atoms with Crippen molar-refractivity contribution in [3.05, 3.63) is 340 Å². The van der Waals surface area contributed by atoms with Crippen molar-refractivity contribution in [1.29, 1.82) is 0 Å². The van der Waals surface area contributed by atoms with E-state index in [9.17, 15) is 0 Å². The average molecular weight is 1120 g/mol. The maximum atomic E-state index is 2.41. The fraction of sp³-hybridized carbons (Fsp3) is 0.0714. The Morgan fingerprint density at radius 2 is 0.310 bits per heavy atom. The van der Waals surface area contributed by atoms with Gasteiger partial charge in [-0.05, 0) is 216 Å². The Bertz CT molecular complexity index is 4140. The summed E-state index contributed by atoms with van der Waals surface area (Å²) in [7, 11) is 0. The van der Waals surface area contributed by atoms with Gasteiger partial charge in [0.1, 0.15) is 0 Å². The minimum absolute atomic E-state index is 1.07. The van der Waals surface area contributed by atoms with Crippen LogP contribution in [-0.2, 0) is 0 Å². The maximum absolute atomic E-state index is 2.41. The monoisotopic (exact) mass is 1120 g/mol. The van der Waals surface area contributed by atoms with Crippen molar-refractivity contribution >= 4 is 120 Å². The molecule has 0 spiro atoms. The second-order valence-electron chi connectivity index (χ2n) is 23.2. The molecule has 0 heterocycles. The summed E-state index contributed by atoms with van der Waals surface area (Å²) in [4.78, 5) is 7.18. The van der Waals surface area contributed by atoms with E-state index in [2.05, 4.69) is 366 Å². The van der Waals surface area contributed by atoms with Crippen LogP contribution >= 0.6 is 0 Å². The fourth-order valence-corrected chi connectivity index (χ4v) is 11.6. The van der Waals surface area contributed by atoms with Gasteiger partial charge in [-0.3, -0.25) is 0 Å². The Hall–Kier alpha value is -10.7. The zero-order valence-corrected chi connectivity index (χ0v) is 50.3. The van der Waals surface area contributed by atoms with Crippen molar-refractivity contribution in [2.45, 2.75) is 41.5 Å². The van der Waals surface area contributed by atoms with Gasteiger partial charge in [-0.1, -0.05) is 234 Å². The molecule has 0 aliphatic carbocycles. The van der Waals surface area contributed by atoms with Crippen molar-refractivity contribution in [2.24, 2.45) is 0 Å². The molecule has 0 aliphatic heterocycles. The van der Waals surface area contributed by atoms with Crippen molar-refractivity contribution < 1.29 is 0 Å². The summed E-state index contributed by atoms with van der Waals surface area (Å²) in [6.45, 7) is 12.8. The van der Waals surface area contributed by atoms with Gasteiger partial charge in [0.2, 0.25) is 0 Å². The van der Waals surface area contributed by atoms with E-state index in [4.69, 9.17) is 0 Å². The van der Waals surface area contributed by atoms with Crippen LogP contribution in [0.2, 0.25) is 0 Å². The first-order valence-corrected chi connectivity index (χ1v) is 30.1. The van der Waals surface area contributed by atoms with Gasteiger partial charge in [0.05, 0.1) is 0 Å². The summed E-state index contributed by atoms with van der Waals surface area (Å²) >= 11 is 0. The lowest BCUT2D eigenvalue weighted by Gasteiger charge is -2.28. The van der Waals surface area contributed by atoms with Crippen molar-refractivity contribution in [3.8, 4) is 0 Å². The van der Waals surface area contributed by atoms with Crippen LogP contribution in [0.3, 0.4) is 0 Å². The van der Waals surface area contributed by atoms with Crippen LogP contribution < -0.4 is 14.7 Å². The second-order valence-corrected chi connectivity index (χ2v) is 23.2. The third-order valence-electron chi connectivity index (χ3n) is 16.6. The summed E-state index contributed by atoms with van der Waals surface area (Å²) < 4.78 is 0. The third kappa shape index (κ3) is 12.3. The van der Waals surface area contributed by atoms with Crippen LogP contribution in [-0.4, -0.2) is 0 Å². The Balaban J connectivity index is 0.976. The Morgan fingerprint density at radius 1 is 0.161 bits per heavy atom. The molecule has 87 heavy (non-hydrogen) atoms. The number of rotatable bonds is 15. The van der Waals surface area contributed by atoms with Gasteiger partial charge in [-0.2, -0.15) is 0 Å². The summed E-state index contributed by atoms with van der Waals surface area (Å²) in [6.07, 6.45) is 13.1. The first kappa shape index (κ1) is 55.4. The van der Waals surface area contributed by atoms with E-state index in [-0.39, 0.29) is 0 Å². The molecule has 0 amide bonds. The Morgan fingerprint density at radius 3 is 0.506 bits per heavy atom. The van der Waals surface area contributed by atoms with E-state index in [1.54, 1.807) is 0 Å². The fourth-order valence-electron chi connectivity index (χ4n) is 11.6. The molecule has 13 aromatic carbocycles. The van der Waals surface area contributed by atoms with Gasteiger partial charge < -0.3 is 14.7 Å². The topological polar surface area (TPSA) is 9.72 Å². The van der Waals surface area contributed by atoms with E-state index in [1.807, 2.05) is 0 Å². The maximum Gasteiger partial charge on any atom is 0.0468 e. The molecule has 0 bridgehead atoms. The highest BCUT2D eigenvalue weighted by atomic mass is 15.2. The number of hydrogen-bond donors (Lipinski definition) is 0. The Kier molecular flexibility index (Phi) is 15.6. The van der Waals surface area contributed by atoms with Crippen LogP contribution in [0.15, 0.2) is 273 Å². The highest BCUT2D eigenvalue weighted by Crippen LogP contribution is 2.46. The third-order valence-corrected chi connectivity index (χ3v) is 16.6. The molecule has 0 aliphatic rings. The molecule has 420 valence electrons. The van der Waals surface area contributed by atoms with Crippen molar-refractivity contribution in [3.63, 3.8) is 0 Å². The van der Waals surface area contributed by atoms with Crippen LogP contribution in [0.4, 0.5) is 51.2 Å². The van der Waals surface area contributed by atoms with Crippen molar-refractivity contribution in [2.75, 3.05) is 14.7 Å². The number of hydrogen-bond acceptors (Lipinski definition) is 3. The quantitative estimate of drug-likeness (QED) is 0.0748. The van der Waals surface area contributed by atoms with Gasteiger partial charge in [-0.25, -0.2) is 0 Å². The van der Waals surface area contributed by atoms with E-state index < -0.39 is 0 Å². The predicted molar refractivity (Wildman–Crippen MR) is 378 cm³/mol. The molecular weight excluding hydrogens is 1050 g/mol. The van der Waals surface area contributed by atoms with Crippen LogP contribution in [0.1, 0.15) is 66.8 Å². The van der Waals surface area contributed by atoms with Crippen LogP contribution in [0, 0.1) is 41.5 Å². The van der Waals surface area contributed by atoms with Gasteiger partial charge in [-0.15, -0.1) is 0 Å². The van der Waals surface area contributed by atoms with Crippen molar-refractivity contribution in [1.82, 2.24) is 0 Å². The molecular formula is C84H69N3. The molecule has 0 saturated heterocycles. The van der Waals surface area contributed by atoms with E-state index in [1.165, 1.54) is 82.4 Å². The number of benzene rings is 13. The molecule has 0 N–H and O–H groups in total. The molecule has 0 saturated carbocycles.